The molecule has 0 spiro atoms. The van der Waals surface area contributed by atoms with Crippen LogP contribution in [0.15, 0.2) is 30.3 Å². The van der Waals surface area contributed by atoms with Crippen molar-refractivity contribution in [1.82, 2.24) is 0 Å². The molecule has 0 amide bonds. The van der Waals surface area contributed by atoms with Crippen LogP contribution < -0.4 is 4.74 Å². The van der Waals surface area contributed by atoms with E-state index in [-0.39, 0.29) is 18.0 Å². The van der Waals surface area contributed by atoms with Crippen LogP contribution in [-0.4, -0.2) is 25.1 Å². The molecule has 94 valence electrons. The van der Waals surface area contributed by atoms with E-state index < -0.39 is 0 Å². The van der Waals surface area contributed by atoms with E-state index >= 15 is 0 Å². The molecule has 0 aliphatic carbocycles. The SMILES string of the molecule is COC(C)(C)CCC(=O)COc1ccccc1. The molecule has 0 heterocycles. The van der Waals surface area contributed by atoms with Crippen molar-refractivity contribution >= 4 is 5.78 Å². The van der Waals surface area contributed by atoms with Crippen molar-refractivity contribution in [3.8, 4) is 5.75 Å². The second-order valence-electron chi connectivity index (χ2n) is 4.60. The lowest BCUT2D eigenvalue weighted by atomic mass is 10.0. The summed E-state index contributed by atoms with van der Waals surface area (Å²) >= 11 is 0. The topological polar surface area (TPSA) is 35.5 Å². The summed E-state index contributed by atoms with van der Waals surface area (Å²) in [6.45, 7) is 4.07. The van der Waals surface area contributed by atoms with E-state index in [1.807, 2.05) is 44.2 Å². The van der Waals surface area contributed by atoms with Gasteiger partial charge in [-0.05, 0) is 32.4 Å². The molecule has 0 unspecified atom stereocenters. The Morgan fingerprint density at radius 1 is 1.24 bits per heavy atom. The highest BCUT2D eigenvalue weighted by atomic mass is 16.5. The molecule has 3 nitrogen and oxygen atoms in total. The minimum atomic E-state index is -0.248. The van der Waals surface area contributed by atoms with E-state index in [4.69, 9.17) is 9.47 Å². The third kappa shape index (κ3) is 5.50. The van der Waals surface area contributed by atoms with Crippen molar-refractivity contribution in [3.63, 3.8) is 0 Å². The van der Waals surface area contributed by atoms with Crippen LogP contribution in [0.5, 0.6) is 5.75 Å². The molecule has 0 bridgehead atoms. The summed E-state index contributed by atoms with van der Waals surface area (Å²) in [5.74, 6) is 0.825. The maximum absolute atomic E-state index is 11.6. The first-order chi connectivity index (χ1) is 8.03. The van der Waals surface area contributed by atoms with Crippen LogP contribution in [0.25, 0.3) is 0 Å². The van der Waals surface area contributed by atoms with Crippen molar-refractivity contribution in [2.24, 2.45) is 0 Å². The molecule has 0 aliphatic heterocycles. The Balaban J connectivity index is 2.27. The molecule has 1 rings (SSSR count). The molecule has 1 aromatic carbocycles. The quantitative estimate of drug-likeness (QED) is 0.730. The summed E-state index contributed by atoms with van der Waals surface area (Å²) in [5.41, 5.74) is -0.248. The van der Waals surface area contributed by atoms with E-state index in [0.717, 1.165) is 5.75 Å². The van der Waals surface area contributed by atoms with E-state index in [9.17, 15) is 4.79 Å². The minimum absolute atomic E-state index is 0.0963. The second-order valence-corrected chi connectivity index (χ2v) is 4.60. The maximum Gasteiger partial charge on any atom is 0.170 e. The van der Waals surface area contributed by atoms with E-state index in [1.165, 1.54) is 0 Å². The molecule has 0 saturated heterocycles. The predicted octanol–water partition coefficient (Wildman–Crippen LogP) is 2.84. The summed E-state index contributed by atoms with van der Waals surface area (Å²) in [4.78, 5) is 11.6. The number of hydrogen-bond donors (Lipinski definition) is 0. The number of para-hydroxylation sites is 1. The highest BCUT2D eigenvalue weighted by Crippen LogP contribution is 2.15. The smallest absolute Gasteiger partial charge is 0.170 e. The summed E-state index contributed by atoms with van der Waals surface area (Å²) < 4.78 is 10.6. The van der Waals surface area contributed by atoms with Gasteiger partial charge in [0.05, 0.1) is 5.60 Å². The Morgan fingerprint density at radius 3 is 2.47 bits per heavy atom. The Morgan fingerprint density at radius 2 is 1.88 bits per heavy atom. The number of rotatable bonds is 7. The van der Waals surface area contributed by atoms with Gasteiger partial charge in [-0.15, -0.1) is 0 Å². The molecule has 3 heteroatoms. The fraction of sp³-hybridized carbons (Fsp3) is 0.500. The zero-order chi connectivity index (χ0) is 12.7. The fourth-order valence-electron chi connectivity index (χ4n) is 1.30. The van der Waals surface area contributed by atoms with Gasteiger partial charge in [0.25, 0.3) is 0 Å². The van der Waals surface area contributed by atoms with E-state index in [1.54, 1.807) is 7.11 Å². The van der Waals surface area contributed by atoms with Gasteiger partial charge in [-0.2, -0.15) is 0 Å². The largest absolute Gasteiger partial charge is 0.486 e. The Labute approximate surface area is 103 Å². The minimum Gasteiger partial charge on any atom is -0.486 e. The number of hydrogen-bond acceptors (Lipinski definition) is 3. The molecule has 0 aliphatic rings. The van der Waals surface area contributed by atoms with Crippen molar-refractivity contribution in [2.75, 3.05) is 13.7 Å². The van der Waals surface area contributed by atoms with Crippen LogP contribution in [0.1, 0.15) is 26.7 Å². The summed E-state index contributed by atoms with van der Waals surface area (Å²) in [5, 5.41) is 0. The van der Waals surface area contributed by atoms with Crippen LogP contribution in [0.2, 0.25) is 0 Å². The van der Waals surface area contributed by atoms with Gasteiger partial charge in [0.15, 0.2) is 5.78 Å². The number of ketones is 1. The standard InChI is InChI=1S/C14H20O3/c1-14(2,16-3)10-9-12(15)11-17-13-7-5-4-6-8-13/h4-8H,9-11H2,1-3H3. The molecule has 17 heavy (non-hydrogen) atoms. The van der Waals surface area contributed by atoms with Crippen molar-refractivity contribution in [2.45, 2.75) is 32.3 Å². The van der Waals surface area contributed by atoms with Crippen molar-refractivity contribution in [1.29, 1.82) is 0 Å². The molecule has 0 aromatic heterocycles. The van der Waals surface area contributed by atoms with Crippen LogP contribution in [0.3, 0.4) is 0 Å². The highest BCUT2D eigenvalue weighted by Gasteiger charge is 2.17. The van der Waals surface area contributed by atoms with E-state index in [0.29, 0.717) is 12.8 Å². The zero-order valence-corrected chi connectivity index (χ0v) is 10.7. The van der Waals surface area contributed by atoms with Crippen LogP contribution in [0.4, 0.5) is 0 Å². The van der Waals surface area contributed by atoms with Gasteiger partial charge >= 0.3 is 0 Å². The number of methoxy groups -OCH3 is 1. The van der Waals surface area contributed by atoms with Gasteiger partial charge in [-0.3, -0.25) is 4.79 Å². The Hall–Kier alpha value is -1.35. The lowest BCUT2D eigenvalue weighted by Crippen LogP contribution is -2.24. The average Bonchev–Trinajstić information content (AvgIpc) is 2.35. The molecule has 0 radical (unpaired) electrons. The molecule has 0 N–H and O–H groups in total. The number of benzene rings is 1. The number of Topliss-reactive ketones (excluding diaryl/α,β-unsaturated/α-hetero) is 1. The van der Waals surface area contributed by atoms with Gasteiger partial charge in [-0.1, -0.05) is 18.2 Å². The van der Waals surface area contributed by atoms with Gasteiger partial charge in [0.1, 0.15) is 12.4 Å². The first kappa shape index (κ1) is 13.7. The third-order valence-corrected chi connectivity index (χ3v) is 2.70. The second kappa shape index (κ2) is 6.40. The predicted molar refractivity (Wildman–Crippen MR) is 67.3 cm³/mol. The molecule has 0 atom stereocenters. The number of carbonyl (C=O) groups is 1. The van der Waals surface area contributed by atoms with Gasteiger partial charge in [0.2, 0.25) is 0 Å². The van der Waals surface area contributed by atoms with Gasteiger partial charge in [-0.25, -0.2) is 0 Å². The first-order valence-electron chi connectivity index (χ1n) is 5.78. The Kier molecular flexibility index (Phi) is 5.16. The average molecular weight is 236 g/mol. The highest BCUT2D eigenvalue weighted by molar-refractivity contribution is 5.80. The third-order valence-electron chi connectivity index (χ3n) is 2.70. The molecule has 0 fully saturated rings. The van der Waals surface area contributed by atoms with Crippen LogP contribution >= 0.6 is 0 Å². The molecule has 1 aromatic rings. The summed E-state index contributed by atoms with van der Waals surface area (Å²) in [6.07, 6.45) is 1.19. The lowest BCUT2D eigenvalue weighted by Gasteiger charge is -2.22. The molecular weight excluding hydrogens is 216 g/mol. The molecule has 0 saturated carbocycles. The summed E-state index contributed by atoms with van der Waals surface area (Å²) in [6, 6.07) is 9.36. The normalized spacial score (nSPS) is 11.2. The lowest BCUT2D eigenvalue weighted by molar-refractivity contribution is -0.122. The van der Waals surface area contributed by atoms with Crippen LogP contribution in [-0.2, 0) is 9.53 Å². The summed E-state index contributed by atoms with van der Waals surface area (Å²) in [7, 11) is 1.66. The van der Waals surface area contributed by atoms with Gasteiger partial charge in [0, 0.05) is 13.5 Å². The van der Waals surface area contributed by atoms with Crippen molar-refractivity contribution < 1.29 is 14.3 Å². The first-order valence-corrected chi connectivity index (χ1v) is 5.78. The maximum atomic E-state index is 11.6. The monoisotopic (exact) mass is 236 g/mol. The fourth-order valence-corrected chi connectivity index (χ4v) is 1.30. The van der Waals surface area contributed by atoms with Gasteiger partial charge < -0.3 is 9.47 Å². The van der Waals surface area contributed by atoms with Crippen molar-refractivity contribution in [3.05, 3.63) is 30.3 Å². The van der Waals surface area contributed by atoms with E-state index in [2.05, 4.69) is 0 Å². The zero-order valence-electron chi connectivity index (χ0n) is 10.7. The van der Waals surface area contributed by atoms with Crippen LogP contribution in [0, 0.1) is 0 Å². The number of ether oxygens (including phenoxy) is 2. The number of carbonyl (C=O) groups excluding carboxylic acids is 1. The Bertz CT molecular complexity index is 344. The molecular formula is C14H20O3.